The summed E-state index contributed by atoms with van der Waals surface area (Å²) < 4.78 is 45.9. The Bertz CT molecular complexity index is 1370. The van der Waals surface area contributed by atoms with E-state index in [2.05, 4.69) is 17.2 Å². The summed E-state index contributed by atoms with van der Waals surface area (Å²) in [6.45, 7) is 4.32. The van der Waals surface area contributed by atoms with E-state index in [9.17, 15) is 18.0 Å². The van der Waals surface area contributed by atoms with Crippen LogP contribution in [0.1, 0.15) is 63.9 Å². The Labute approximate surface area is 243 Å². The van der Waals surface area contributed by atoms with Gasteiger partial charge in [-0.25, -0.2) is 4.98 Å². The van der Waals surface area contributed by atoms with Crippen molar-refractivity contribution < 1.29 is 22.7 Å². The van der Waals surface area contributed by atoms with Crippen LogP contribution in [0.3, 0.4) is 0 Å². The first-order chi connectivity index (χ1) is 19.8. The van der Waals surface area contributed by atoms with Crippen molar-refractivity contribution in [3.05, 3.63) is 117 Å². The van der Waals surface area contributed by atoms with Crippen molar-refractivity contribution in [3.8, 4) is 5.75 Å². The lowest BCUT2D eigenvalue weighted by atomic mass is 10.1. The first-order valence-corrected chi connectivity index (χ1v) is 14.5. The molecule has 0 aliphatic heterocycles. The number of amides is 1. The van der Waals surface area contributed by atoms with E-state index in [0.717, 1.165) is 47.2 Å². The van der Waals surface area contributed by atoms with Crippen molar-refractivity contribution in [3.63, 3.8) is 0 Å². The molecule has 1 heterocycles. The molecule has 4 aromatic rings. The third-order valence-electron chi connectivity index (χ3n) is 6.45. The largest absolute Gasteiger partial charge is 0.489 e. The van der Waals surface area contributed by atoms with E-state index in [1.54, 1.807) is 11.4 Å². The maximum atomic E-state index is 13.3. The minimum atomic E-state index is -4.41. The summed E-state index contributed by atoms with van der Waals surface area (Å²) >= 11 is 1.37. The predicted octanol–water partition coefficient (Wildman–Crippen LogP) is 7.86. The Balaban J connectivity index is 1.45. The third kappa shape index (κ3) is 9.72. The standard InChI is InChI=1S/C32H34F3N3O2S/c1-2-3-7-17-36-31(39)29-23-41-30(37-29)21-38(20-26-11-8-12-27(18-26)32(33,34)35)19-24-13-15-28(16-14-24)40-22-25-9-5-4-6-10-25/h4-6,8-16,18,23H,2-3,7,17,19-22H2,1H3,(H,36,39). The van der Waals surface area contributed by atoms with Gasteiger partial charge in [-0.3, -0.25) is 9.69 Å². The molecule has 0 fully saturated rings. The summed E-state index contributed by atoms with van der Waals surface area (Å²) in [5.74, 6) is 0.524. The number of hydrogen-bond donors (Lipinski definition) is 1. The maximum absolute atomic E-state index is 13.3. The third-order valence-corrected chi connectivity index (χ3v) is 7.28. The average Bonchev–Trinajstić information content (AvgIpc) is 3.44. The molecule has 1 amide bonds. The van der Waals surface area contributed by atoms with E-state index in [1.165, 1.54) is 23.5 Å². The number of rotatable bonds is 14. The average molecular weight is 582 g/mol. The summed E-state index contributed by atoms with van der Waals surface area (Å²) in [5, 5.41) is 5.35. The number of carbonyl (C=O) groups excluding carboxylic acids is 1. The molecule has 1 N–H and O–H groups in total. The van der Waals surface area contributed by atoms with Crippen LogP contribution in [0, 0.1) is 0 Å². The SMILES string of the molecule is CCCCCNC(=O)c1csc(CN(Cc2ccc(OCc3ccccc3)cc2)Cc2cccc(C(F)(F)F)c2)n1. The van der Waals surface area contributed by atoms with Gasteiger partial charge in [-0.1, -0.05) is 80.4 Å². The van der Waals surface area contributed by atoms with Crippen molar-refractivity contribution in [1.82, 2.24) is 15.2 Å². The molecule has 0 spiro atoms. The van der Waals surface area contributed by atoms with Crippen LogP contribution in [0.5, 0.6) is 5.75 Å². The fourth-order valence-electron chi connectivity index (χ4n) is 4.31. The molecule has 4 rings (SSSR count). The van der Waals surface area contributed by atoms with Gasteiger partial charge in [-0.2, -0.15) is 13.2 Å². The molecule has 0 atom stereocenters. The van der Waals surface area contributed by atoms with Crippen molar-refractivity contribution >= 4 is 17.2 Å². The van der Waals surface area contributed by atoms with E-state index < -0.39 is 11.7 Å². The second-order valence-corrected chi connectivity index (χ2v) is 10.8. The summed E-state index contributed by atoms with van der Waals surface area (Å²) in [5.41, 5.74) is 2.29. The van der Waals surface area contributed by atoms with Gasteiger partial charge in [0.2, 0.25) is 0 Å². The van der Waals surface area contributed by atoms with Gasteiger partial charge in [-0.15, -0.1) is 11.3 Å². The molecule has 41 heavy (non-hydrogen) atoms. The highest BCUT2D eigenvalue weighted by atomic mass is 32.1. The van der Waals surface area contributed by atoms with E-state index in [4.69, 9.17) is 4.74 Å². The predicted molar refractivity (Wildman–Crippen MR) is 156 cm³/mol. The van der Waals surface area contributed by atoms with Gasteiger partial charge in [0, 0.05) is 25.0 Å². The van der Waals surface area contributed by atoms with Gasteiger partial charge in [-0.05, 0) is 41.3 Å². The fraction of sp³-hybridized carbons (Fsp3) is 0.312. The monoisotopic (exact) mass is 581 g/mol. The van der Waals surface area contributed by atoms with E-state index in [-0.39, 0.29) is 12.5 Å². The van der Waals surface area contributed by atoms with Crippen LogP contribution >= 0.6 is 11.3 Å². The molecule has 1 aromatic heterocycles. The van der Waals surface area contributed by atoms with Gasteiger partial charge in [0.05, 0.1) is 12.1 Å². The highest BCUT2D eigenvalue weighted by molar-refractivity contribution is 7.09. The van der Waals surface area contributed by atoms with E-state index in [0.29, 0.717) is 37.5 Å². The quantitative estimate of drug-likeness (QED) is 0.154. The Morgan fingerprint density at radius 3 is 2.37 bits per heavy atom. The zero-order valence-corrected chi connectivity index (χ0v) is 23.8. The summed E-state index contributed by atoms with van der Waals surface area (Å²) in [6, 6.07) is 23.0. The van der Waals surface area contributed by atoms with Crippen LogP contribution in [0.4, 0.5) is 13.2 Å². The van der Waals surface area contributed by atoms with E-state index in [1.807, 2.05) is 59.5 Å². The molecule has 0 aliphatic carbocycles. The second kappa shape index (κ2) is 14.8. The molecule has 0 radical (unpaired) electrons. The lowest BCUT2D eigenvalue weighted by molar-refractivity contribution is -0.137. The molecule has 0 aliphatic rings. The smallest absolute Gasteiger partial charge is 0.416 e. The molecule has 0 saturated carbocycles. The maximum Gasteiger partial charge on any atom is 0.416 e. The number of thiazole rings is 1. The topological polar surface area (TPSA) is 54.5 Å². The number of alkyl halides is 3. The van der Waals surface area contributed by atoms with Crippen LogP contribution in [-0.4, -0.2) is 22.3 Å². The fourth-order valence-corrected chi connectivity index (χ4v) is 5.12. The van der Waals surface area contributed by atoms with Gasteiger partial charge in [0.25, 0.3) is 5.91 Å². The Hall–Kier alpha value is -3.69. The van der Waals surface area contributed by atoms with Crippen molar-refractivity contribution in [2.45, 2.75) is 58.6 Å². The molecule has 3 aromatic carbocycles. The van der Waals surface area contributed by atoms with Crippen LogP contribution < -0.4 is 10.1 Å². The number of aromatic nitrogens is 1. The second-order valence-electron chi connectivity index (χ2n) is 9.85. The molecule has 5 nitrogen and oxygen atoms in total. The molecule has 0 unspecified atom stereocenters. The zero-order valence-electron chi connectivity index (χ0n) is 23.0. The number of carbonyl (C=O) groups is 1. The van der Waals surface area contributed by atoms with Crippen LogP contribution in [0.15, 0.2) is 84.2 Å². The highest BCUT2D eigenvalue weighted by Crippen LogP contribution is 2.30. The first kappa shape index (κ1) is 30.3. The van der Waals surface area contributed by atoms with Crippen molar-refractivity contribution in [1.29, 1.82) is 0 Å². The van der Waals surface area contributed by atoms with Crippen LogP contribution in [-0.2, 0) is 32.4 Å². The number of ether oxygens (including phenoxy) is 1. The normalized spacial score (nSPS) is 11.5. The lowest BCUT2D eigenvalue weighted by Crippen LogP contribution is -2.25. The minimum Gasteiger partial charge on any atom is -0.489 e. The number of hydrogen-bond acceptors (Lipinski definition) is 5. The van der Waals surface area contributed by atoms with Gasteiger partial charge < -0.3 is 10.1 Å². The highest BCUT2D eigenvalue weighted by Gasteiger charge is 2.30. The minimum absolute atomic E-state index is 0.209. The molecule has 216 valence electrons. The number of nitrogens with zero attached hydrogens (tertiary/aromatic N) is 2. The number of halogens is 3. The first-order valence-electron chi connectivity index (χ1n) is 13.7. The Morgan fingerprint density at radius 1 is 0.902 bits per heavy atom. The molecular formula is C32H34F3N3O2S. The molecule has 9 heteroatoms. The van der Waals surface area contributed by atoms with Gasteiger partial charge in [0.1, 0.15) is 23.1 Å². The Morgan fingerprint density at radius 2 is 1.63 bits per heavy atom. The van der Waals surface area contributed by atoms with Crippen LogP contribution in [0.25, 0.3) is 0 Å². The van der Waals surface area contributed by atoms with E-state index >= 15 is 0 Å². The van der Waals surface area contributed by atoms with Crippen molar-refractivity contribution in [2.24, 2.45) is 0 Å². The number of nitrogens with one attached hydrogen (secondary N) is 1. The summed E-state index contributed by atoms with van der Waals surface area (Å²) in [6.07, 6.45) is -1.37. The molecule has 0 bridgehead atoms. The number of benzene rings is 3. The lowest BCUT2D eigenvalue weighted by Gasteiger charge is -2.22. The molecule has 0 saturated heterocycles. The summed E-state index contributed by atoms with van der Waals surface area (Å²) in [7, 11) is 0. The van der Waals surface area contributed by atoms with Crippen LogP contribution in [0.2, 0.25) is 0 Å². The summed E-state index contributed by atoms with van der Waals surface area (Å²) in [4.78, 5) is 19.0. The Kier molecular flexibility index (Phi) is 10.9. The van der Waals surface area contributed by atoms with Gasteiger partial charge in [0.15, 0.2) is 0 Å². The van der Waals surface area contributed by atoms with Gasteiger partial charge >= 0.3 is 6.18 Å². The molecular weight excluding hydrogens is 547 g/mol. The zero-order chi connectivity index (χ0) is 29.1. The number of unbranched alkanes of at least 4 members (excludes halogenated alkanes) is 2. The van der Waals surface area contributed by atoms with Crippen molar-refractivity contribution in [2.75, 3.05) is 6.54 Å².